The lowest BCUT2D eigenvalue weighted by Gasteiger charge is -2.14. The molecule has 0 fully saturated rings. The van der Waals surface area contributed by atoms with Crippen LogP contribution in [0.4, 0.5) is 4.39 Å². The van der Waals surface area contributed by atoms with E-state index in [0.717, 1.165) is 36.8 Å². The molecule has 2 nitrogen and oxygen atoms in total. The summed E-state index contributed by atoms with van der Waals surface area (Å²) in [5.41, 5.74) is 4.81. The minimum Gasteiger partial charge on any atom is -0.355 e. The van der Waals surface area contributed by atoms with Gasteiger partial charge in [-0.3, -0.25) is 0 Å². The molecule has 0 saturated heterocycles. The number of H-pyrrole nitrogens is 1. The Balaban J connectivity index is 2.19. The first-order valence-corrected chi connectivity index (χ1v) is 6.50. The normalized spacial score (nSPS) is 16.0. The molecular formula is C15H17FN2. The number of hydrogen-bond acceptors (Lipinski definition) is 1. The van der Waals surface area contributed by atoms with Crippen LogP contribution in [0.2, 0.25) is 0 Å². The molecular weight excluding hydrogens is 227 g/mol. The van der Waals surface area contributed by atoms with Gasteiger partial charge in [0.15, 0.2) is 0 Å². The van der Waals surface area contributed by atoms with Gasteiger partial charge in [0, 0.05) is 23.1 Å². The smallest absolute Gasteiger partial charge is 0.123 e. The molecule has 0 unspecified atom stereocenters. The van der Waals surface area contributed by atoms with Gasteiger partial charge >= 0.3 is 0 Å². The van der Waals surface area contributed by atoms with Crippen molar-refractivity contribution in [3.63, 3.8) is 0 Å². The fourth-order valence-electron chi connectivity index (χ4n) is 2.71. The van der Waals surface area contributed by atoms with Gasteiger partial charge in [0.25, 0.3) is 0 Å². The maximum atomic E-state index is 13.4. The Morgan fingerprint density at radius 1 is 1.33 bits per heavy atom. The van der Waals surface area contributed by atoms with Crippen molar-refractivity contribution < 1.29 is 4.39 Å². The minimum atomic E-state index is -0.165. The molecule has 3 heteroatoms. The summed E-state index contributed by atoms with van der Waals surface area (Å²) in [6.45, 7) is 4.06. The highest BCUT2D eigenvalue weighted by molar-refractivity contribution is 5.89. The molecule has 0 spiro atoms. The summed E-state index contributed by atoms with van der Waals surface area (Å²) in [7, 11) is 0. The van der Waals surface area contributed by atoms with Crippen LogP contribution in [0.15, 0.2) is 24.3 Å². The number of aromatic nitrogens is 1. The lowest BCUT2D eigenvalue weighted by atomic mass is 9.99. The van der Waals surface area contributed by atoms with E-state index < -0.39 is 0 Å². The van der Waals surface area contributed by atoms with Gasteiger partial charge in [-0.1, -0.05) is 13.0 Å². The fraction of sp³-hybridized carbons (Fsp3) is 0.333. The van der Waals surface area contributed by atoms with Crippen LogP contribution in [-0.2, 0) is 6.42 Å². The van der Waals surface area contributed by atoms with E-state index in [1.165, 1.54) is 22.9 Å². The molecule has 0 bridgehead atoms. The van der Waals surface area contributed by atoms with Crippen molar-refractivity contribution in [3.05, 3.63) is 41.3 Å². The zero-order chi connectivity index (χ0) is 12.5. The van der Waals surface area contributed by atoms with Crippen LogP contribution < -0.4 is 5.32 Å². The minimum absolute atomic E-state index is 0.165. The predicted octanol–water partition coefficient (Wildman–Crippen LogP) is 3.25. The average molecular weight is 244 g/mol. The highest BCUT2D eigenvalue weighted by Crippen LogP contribution is 2.30. The van der Waals surface area contributed by atoms with E-state index in [-0.39, 0.29) is 5.82 Å². The highest BCUT2D eigenvalue weighted by Gasteiger charge is 2.15. The van der Waals surface area contributed by atoms with E-state index in [1.54, 1.807) is 6.07 Å². The zero-order valence-corrected chi connectivity index (χ0v) is 10.5. The maximum absolute atomic E-state index is 13.4. The van der Waals surface area contributed by atoms with Gasteiger partial charge in [0.05, 0.1) is 0 Å². The van der Waals surface area contributed by atoms with Crippen LogP contribution in [0, 0.1) is 5.82 Å². The molecule has 0 radical (unpaired) electrons. The molecule has 94 valence electrons. The summed E-state index contributed by atoms with van der Waals surface area (Å²) in [4.78, 5) is 3.45. The van der Waals surface area contributed by atoms with Crippen LogP contribution in [0.3, 0.4) is 0 Å². The molecule has 0 aliphatic carbocycles. The fourth-order valence-corrected chi connectivity index (χ4v) is 2.71. The Bertz CT molecular complexity index is 610. The Labute approximate surface area is 106 Å². The molecule has 1 aromatic heterocycles. The molecule has 1 aliphatic heterocycles. The van der Waals surface area contributed by atoms with Crippen molar-refractivity contribution >= 4 is 16.5 Å². The molecule has 2 N–H and O–H groups in total. The Morgan fingerprint density at radius 3 is 2.94 bits per heavy atom. The molecule has 1 aliphatic rings. The van der Waals surface area contributed by atoms with Crippen LogP contribution in [0.25, 0.3) is 16.5 Å². The monoisotopic (exact) mass is 244 g/mol. The summed E-state index contributed by atoms with van der Waals surface area (Å²) >= 11 is 0. The Kier molecular flexibility index (Phi) is 2.92. The second-order valence-electron chi connectivity index (χ2n) is 4.71. The number of nitrogens with one attached hydrogen (secondary N) is 2. The van der Waals surface area contributed by atoms with Crippen LogP contribution in [0.1, 0.15) is 24.6 Å². The standard InChI is InChI=1S/C15H17FN2/c1-2-12-13-9-11(16)3-4-14(13)18-15(12)10-5-7-17-8-6-10/h3-5,9,17-18H,2,6-8H2,1H3. The van der Waals surface area contributed by atoms with Gasteiger partial charge in [0.1, 0.15) is 5.82 Å². The Morgan fingerprint density at radius 2 is 2.22 bits per heavy atom. The largest absolute Gasteiger partial charge is 0.355 e. The van der Waals surface area contributed by atoms with E-state index in [2.05, 4.69) is 23.3 Å². The number of aromatic amines is 1. The first-order valence-electron chi connectivity index (χ1n) is 6.50. The second-order valence-corrected chi connectivity index (χ2v) is 4.71. The quantitative estimate of drug-likeness (QED) is 0.834. The van der Waals surface area contributed by atoms with E-state index in [4.69, 9.17) is 0 Å². The molecule has 0 saturated carbocycles. The van der Waals surface area contributed by atoms with Gasteiger partial charge in [-0.05, 0) is 48.7 Å². The first-order chi connectivity index (χ1) is 8.79. The van der Waals surface area contributed by atoms with Crippen molar-refractivity contribution in [2.75, 3.05) is 13.1 Å². The number of benzene rings is 1. The third-order valence-corrected chi connectivity index (χ3v) is 3.61. The van der Waals surface area contributed by atoms with Crippen LogP contribution in [-0.4, -0.2) is 18.1 Å². The van der Waals surface area contributed by atoms with E-state index in [9.17, 15) is 4.39 Å². The molecule has 2 heterocycles. The third kappa shape index (κ3) is 1.85. The summed E-state index contributed by atoms with van der Waals surface area (Å²) in [5, 5.41) is 4.33. The lowest BCUT2D eigenvalue weighted by molar-refractivity contribution is 0.629. The number of fused-ring (bicyclic) bond motifs is 1. The number of rotatable bonds is 2. The van der Waals surface area contributed by atoms with E-state index in [1.807, 2.05) is 6.07 Å². The SMILES string of the molecule is CCc1c(C2=CCNCC2)[nH]c2ccc(F)cc12. The van der Waals surface area contributed by atoms with Crippen molar-refractivity contribution in [2.45, 2.75) is 19.8 Å². The molecule has 18 heavy (non-hydrogen) atoms. The molecule has 2 aromatic rings. The molecule has 0 atom stereocenters. The van der Waals surface area contributed by atoms with Crippen molar-refractivity contribution in [3.8, 4) is 0 Å². The predicted molar refractivity (Wildman–Crippen MR) is 73.1 cm³/mol. The molecule has 1 aromatic carbocycles. The van der Waals surface area contributed by atoms with Crippen LogP contribution in [0.5, 0.6) is 0 Å². The van der Waals surface area contributed by atoms with Crippen molar-refractivity contribution in [1.82, 2.24) is 10.3 Å². The van der Waals surface area contributed by atoms with Gasteiger partial charge in [-0.2, -0.15) is 0 Å². The maximum Gasteiger partial charge on any atom is 0.123 e. The van der Waals surface area contributed by atoms with Gasteiger partial charge in [-0.25, -0.2) is 4.39 Å². The van der Waals surface area contributed by atoms with Gasteiger partial charge in [-0.15, -0.1) is 0 Å². The third-order valence-electron chi connectivity index (χ3n) is 3.61. The second kappa shape index (κ2) is 4.58. The average Bonchev–Trinajstić information content (AvgIpc) is 2.77. The lowest BCUT2D eigenvalue weighted by Crippen LogP contribution is -2.20. The Hall–Kier alpha value is -1.61. The van der Waals surface area contributed by atoms with E-state index in [0.29, 0.717) is 0 Å². The number of hydrogen-bond donors (Lipinski definition) is 2. The first kappa shape index (κ1) is 11.5. The summed E-state index contributed by atoms with van der Waals surface area (Å²) < 4.78 is 13.4. The zero-order valence-electron chi connectivity index (χ0n) is 10.5. The topological polar surface area (TPSA) is 27.8 Å². The van der Waals surface area contributed by atoms with Gasteiger partial charge in [0.2, 0.25) is 0 Å². The van der Waals surface area contributed by atoms with Gasteiger partial charge < -0.3 is 10.3 Å². The summed E-state index contributed by atoms with van der Waals surface area (Å²) in [5.74, 6) is -0.165. The molecule has 0 amide bonds. The van der Waals surface area contributed by atoms with Crippen LogP contribution >= 0.6 is 0 Å². The van der Waals surface area contributed by atoms with Crippen molar-refractivity contribution in [1.29, 1.82) is 0 Å². The summed E-state index contributed by atoms with van der Waals surface area (Å²) in [6, 6.07) is 4.98. The molecule has 3 rings (SSSR count). The van der Waals surface area contributed by atoms with E-state index >= 15 is 0 Å². The number of halogens is 1. The highest BCUT2D eigenvalue weighted by atomic mass is 19.1. The van der Waals surface area contributed by atoms with Crippen molar-refractivity contribution in [2.24, 2.45) is 0 Å². The number of aryl methyl sites for hydroxylation is 1. The summed E-state index contributed by atoms with van der Waals surface area (Å²) in [6.07, 6.45) is 4.18.